The van der Waals surface area contributed by atoms with Gasteiger partial charge in [-0.2, -0.15) is 0 Å². The summed E-state index contributed by atoms with van der Waals surface area (Å²) in [7, 11) is 0. The van der Waals surface area contributed by atoms with E-state index in [9.17, 15) is 9.59 Å². The van der Waals surface area contributed by atoms with Gasteiger partial charge < -0.3 is 0 Å². The van der Waals surface area contributed by atoms with Gasteiger partial charge in [-0.3, -0.25) is 19.1 Å². The number of amides is 1. The molecule has 0 radical (unpaired) electrons. The Morgan fingerprint density at radius 2 is 1.32 bits per heavy atom. The van der Waals surface area contributed by atoms with Crippen LogP contribution in [0.4, 0.5) is 5.82 Å². The largest absolute Gasteiger partial charge is 0.288 e. The van der Waals surface area contributed by atoms with Gasteiger partial charge in [-0.05, 0) is 48.4 Å². The zero-order chi connectivity index (χ0) is 20.0. The van der Waals surface area contributed by atoms with Crippen molar-refractivity contribution in [3.63, 3.8) is 0 Å². The molecule has 0 bridgehead atoms. The van der Waals surface area contributed by atoms with Crippen LogP contribution in [-0.4, -0.2) is 10.5 Å². The van der Waals surface area contributed by atoms with Crippen LogP contribution in [0, 0.1) is 6.92 Å². The van der Waals surface area contributed by atoms with Gasteiger partial charge in [0.2, 0.25) is 5.91 Å². The van der Waals surface area contributed by atoms with E-state index in [-0.39, 0.29) is 23.6 Å². The summed E-state index contributed by atoms with van der Waals surface area (Å²) >= 11 is 12.2. The molecule has 1 aliphatic heterocycles. The van der Waals surface area contributed by atoms with E-state index < -0.39 is 0 Å². The first-order valence-corrected chi connectivity index (χ1v) is 9.67. The van der Waals surface area contributed by atoms with Crippen molar-refractivity contribution < 1.29 is 4.79 Å². The molecular weight excluding hydrogens is 395 g/mol. The Balaban J connectivity index is 2.01. The number of nitrogens with zero attached hydrogens (tertiary/aromatic N) is 2. The van der Waals surface area contributed by atoms with Gasteiger partial charge in [0.25, 0.3) is 5.56 Å². The Bertz CT molecular complexity index is 1100. The van der Waals surface area contributed by atoms with Gasteiger partial charge >= 0.3 is 0 Å². The Morgan fingerprint density at radius 3 is 1.82 bits per heavy atom. The third-order valence-corrected chi connectivity index (χ3v) is 5.65. The number of carbonyl (C=O) groups excluding carboxylic acids is 1. The summed E-state index contributed by atoms with van der Waals surface area (Å²) in [6, 6.07) is 17.6. The van der Waals surface area contributed by atoms with E-state index in [0.29, 0.717) is 21.4 Å². The predicted molar refractivity (Wildman–Crippen MR) is 112 cm³/mol. The second-order valence-corrected chi connectivity index (χ2v) is 7.80. The van der Waals surface area contributed by atoms with Crippen LogP contribution >= 0.6 is 23.2 Å². The maximum Gasteiger partial charge on any atom is 0.255 e. The SMILES string of the molecule is CC(=O)N1c2ccc(C)c(=O)n2C(c2ccc(Cl)cc2)C1c1ccc(Cl)cc1. The zero-order valence-electron chi connectivity index (χ0n) is 15.4. The minimum Gasteiger partial charge on any atom is -0.288 e. The molecule has 142 valence electrons. The van der Waals surface area contributed by atoms with Crippen LogP contribution in [0.25, 0.3) is 0 Å². The second-order valence-electron chi connectivity index (χ2n) is 6.93. The predicted octanol–water partition coefficient (Wildman–Crippen LogP) is 5.16. The van der Waals surface area contributed by atoms with E-state index in [4.69, 9.17) is 23.2 Å². The third kappa shape index (κ3) is 3.03. The highest BCUT2D eigenvalue weighted by molar-refractivity contribution is 6.30. The third-order valence-electron chi connectivity index (χ3n) is 5.15. The van der Waals surface area contributed by atoms with E-state index in [1.807, 2.05) is 30.3 Å². The summed E-state index contributed by atoms with van der Waals surface area (Å²) in [6.07, 6.45) is 0. The lowest BCUT2D eigenvalue weighted by Crippen LogP contribution is -2.31. The van der Waals surface area contributed by atoms with Gasteiger partial charge in [-0.15, -0.1) is 0 Å². The van der Waals surface area contributed by atoms with E-state index in [1.54, 1.807) is 46.7 Å². The Labute approximate surface area is 172 Å². The van der Waals surface area contributed by atoms with Crippen LogP contribution in [0.3, 0.4) is 0 Å². The van der Waals surface area contributed by atoms with Gasteiger partial charge in [-0.25, -0.2) is 0 Å². The number of aromatic nitrogens is 1. The Morgan fingerprint density at radius 1 is 0.821 bits per heavy atom. The van der Waals surface area contributed by atoms with Crippen molar-refractivity contribution in [1.29, 1.82) is 0 Å². The Kier molecular flexibility index (Phi) is 4.77. The molecule has 0 spiro atoms. The topological polar surface area (TPSA) is 42.3 Å². The zero-order valence-corrected chi connectivity index (χ0v) is 16.9. The summed E-state index contributed by atoms with van der Waals surface area (Å²) in [6.45, 7) is 3.30. The van der Waals surface area contributed by atoms with Gasteiger partial charge in [-0.1, -0.05) is 53.5 Å². The molecule has 1 aromatic heterocycles. The minimum atomic E-state index is -0.371. The molecule has 4 nitrogen and oxygen atoms in total. The fraction of sp³-hybridized carbons (Fsp3) is 0.182. The molecule has 0 saturated heterocycles. The molecule has 2 heterocycles. The van der Waals surface area contributed by atoms with Gasteiger partial charge in [0.15, 0.2) is 0 Å². The fourth-order valence-electron chi connectivity index (χ4n) is 3.88. The monoisotopic (exact) mass is 412 g/mol. The number of aryl methyl sites for hydroxylation is 1. The number of hydrogen-bond donors (Lipinski definition) is 0. The molecule has 1 aliphatic rings. The lowest BCUT2D eigenvalue weighted by Gasteiger charge is -2.27. The number of halogens is 2. The van der Waals surface area contributed by atoms with Crippen molar-refractivity contribution >= 4 is 34.9 Å². The van der Waals surface area contributed by atoms with Crippen molar-refractivity contribution in [2.45, 2.75) is 25.9 Å². The highest BCUT2D eigenvalue weighted by atomic mass is 35.5. The molecule has 0 saturated carbocycles. The summed E-state index contributed by atoms with van der Waals surface area (Å²) in [5.74, 6) is 0.455. The number of hydrogen-bond acceptors (Lipinski definition) is 2. The highest BCUT2D eigenvalue weighted by Crippen LogP contribution is 2.46. The molecule has 1 amide bonds. The van der Waals surface area contributed by atoms with Crippen LogP contribution in [0.15, 0.2) is 65.5 Å². The van der Waals surface area contributed by atoms with Crippen molar-refractivity contribution in [2.75, 3.05) is 4.90 Å². The molecule has 3 aromatic rings. The molecular formula is C22H18Cl2N2O2. The van der Waals surface area contributed by atoms with Crippen molar-refractivity contribution in [2.24, 2.45) is 0 Å². The molecule has 4 rings (SSSR count). The van der Waals surface area contributed by atoms with Crippen LogP contribution in [0.5, 0.6) is 0 Å². The number of fused-ring (bicyclic) bond motifs is 1. The molecule has 0 aliphatic carbocycles. The standard InChI is InChI=1S/C22H18Cl2N2O2/c1-13-3-12-19-25(14(2)27)20(15-4-8-17(23)9-5-15)21(26(19)22(13)28)16-6-10-18(24)11-7-16/h3-12,20-21H,1-2H3. The van der Waals surface area contributed by atoms with Crippen molar-refractivity contribution in [3.05, 3.63) is 97.8 Å². The second kappa shape index (κ2) is 7.12. The van der Waals surface area contributed by atoms with Crippen LogP contribution in [0.2, 0.25) is 10.0 Å². The maximum atomic E-state index is 13.1. The smallest absolute Gasteiger partial charge is 0.255 e. The number of pyridine rings is 1. The number of benzene rings is 2. The Hall–Kier alpha value is -2.56. The van der Waals surface area contributed by atoms with Crippen LogP contribution in [0.1, 0.15) is 35.7 Å². The first-order chi connectivity index (χ1) is 13.4. The first kappa shape index (κ1) is 18.8. The quantitative estimate of drug-likeness (QED) is 0.583. The maximum absolute atomic E-state index is 13.1. The van der Waals surface area contributed by atoms with Gasteiger partial charge in [0.05, 0.1) is 12.1 Å². The molecule has 0 N–H and O–H groups in total. The lowest BCUT2D eigenvalue weighted by atomic mass is 9.93. The molecule has 0 fully saturated rings. The van der Waals surface area contributed by atoms with E-state index in [2.05, 4.69) is 0 Å². The van der Waals surface area contributed by atoms with E-state index in [1.165, 1.54) is 6.92 Å². The summed E-state index contributed by atoms with van der Waals surface area (Å²) in [4.78, 5) is 27.4. The van der Waals surface area contributed by atoms with E-state index in [0.717, 1.165) is 11.1 Å². The molecule has 2 atom stereocenters. The summed E-state index contributed by atoms with van der Waals surface area (Å²) < 4.78 is 1.71. The highest BCUT2D eigenvalue weighted by Gasteiger charge is 2.43. The fourth-order valence-corrected chi connectivity index (χ4v) is 4.13. The normalized spacial score (nSPS) is 18.2. The minimum absolute atomic E-state index is 0.111. The molecule has 28 heavy (non-hydrogen) atoms. The summed E-state index contributed by atoms with van der Waals surface area (Å²) in [5.41, 5.74) is 2.32. The average Bonchev–Trinajstić information content (AvgIpc) is 3.02. The van der Waals surface area contributed by atoms with Crippen LogP contribution < -0.4 is 10.5 Å². The molecule has 6 heteroatoms. The number of rotatable bonds is 2. The molecule has 2 unspecified atom stereocenters. The number of anilines is 1. The number of carbonyl (C=O) groups is 1. The van der Waals surface area contributed by atoms with Gasteiger partial charge in [0, 0.05) is 22.5 Å². The average molecular weight is 413 g/mol. The van der Waals surface area contributed by atoms with Crippen molar-refractivity contribution in [3.8, 4) is 0 Å². The molecule has 2 aromatic carbocycles. The van der Waals surface area contributed by atoms with E-state index >= 15 is 0 Å². The summed E-state index contributed by atoms with van der Waals surface area (Å²) in [5, 5.41) is 1.23. The van der Waals surface area contributed by atoms with Crippen LogP contribution in [-0.2, 0) is 4.79 Å². The van der Waals surface area contributed by atoms with Crippen molar-refractivity contribution in [1.82, 2.24) is 4.57 Å². The first-order valence-electron chi connectivity index (χ1n) is 8.91. The van der Waals surface area contributed by atoms with Gasteiger partial charge in [0.1, 0.15) is 5.82 Å². The lowest BCUT2D eigenvalue weighted by molar-refractivity contribution is -0.117.